The zero-order valence-corrected chi connectivity index (χ0v) is 18.5. The van der Waals surface area contributed by atoms with Gasteiger partial charge in [-0.05, 0) is 61.4 Å². The predicted octanol–water partition coefficient (Wildman–Crippen LogP) is 4.15. The summed E-state index contributed by atoms with van der Waals surface area (Å²) in [5.41, 5.74) is 2.01. The maximum absolute atomic E-state index is 12.3. The first kappa shape index (κ1) is 22.2. The van der Waals surface area contributed by atoms with Crippen LogP contribution in [0.15, 0.2) is 58.3 Å². The highest BCUT2D eigenvalue weighted by Gasteiger charge is 2.24. The van der Waals surface area contributed by atoms with E-state index in [9.17, 15) is 25.9 Å². The fraction of sp³-hybridized carbons (Fsp3) is 0.238. The van der Waals surface area contributed by atoms with Crippen LogP contribution in [-0.2, 0) is 20.2 Å². The molecule has 0 radical (unpaired) electrons. The van der Waals surface area contributed by atoms with Crippen LogP contribution in [0.25, 0.3) is 21.9 Å². The Bertz CT molecular complexity index is 1330. The minimum Gasteiger partial charge on any atom is -0.372 e. The number of hydrogen-bond donors (Lipinski definition) is 2. The highest BCUT2D eigenvalue weighted by atomic mass is 32.2. The molecule has 0 aliphatic rings. The van der Waals surface area contributed by atoms with Gasteiger partial charge in [-0.3, -0.25) is 9.11 Å². The van der Waals surface area contributed by atoms with Crippen molar-refractivity contribution in [2.75, 3.05) is 18.0 Å². The zero-order valence-electron chi connectivity index (χ0n) is 16.8. The van der Waals surface area contributed by atoms with Crippen LogP contribution in [0.5, 0.6) is 0 Å². The van der Waals surface area contributed by atoms with Crippen LogP contribution < -0.4 is 4.90 Å². The van der Waals surface area contributed by atoms with Gasteiger partial charge in [0.05, 0.1) is 4.90 Å². The molecule has 0 amide bonds. The lowest BCUT2D eigenvalue weighted by Gasteiger charge is -2.25. The fourth-order valence-corrected chi connectivity index (χ4v) is 5.03. The maximum atomic E-state index is 12.3. The molecule has 30 heavy (non-hydrogen) atoms. The van der Waals surface area contributed by atoms with Crippen molar-refractivity contribution in [2.24, 2.45) is 0 Å². The van der Waals surface area contributed by atoms with Crippen LogP contribution in [0.3, 0.4) is 0 Å². The van der Waals surface area contributed by atoms with Gasteiger partial charge >= 0.3 is 0 Å². The molecule has 0 aliphatic carbocycles. The van der Waals surface area contributed by atoms with Crippen molar-refractivity contribution >= 4 is 36.7 Å². The molecule has 0 heterocycles. The summed E-state index contributed by atoms with van der Waals surface area (Å²) in [6.45, 7) is 6.93. The first-order valence-electron chi connectivity index (χ1n) is 9.35. The molecule has 0 aromatic heterocycles. The van der Waals surface area contributed by atoms with E-state index in [0.29, 0.717) is 35.0 Å². The van der Waals surface area contributed by atoms with E-state index >= 15 is 0 Å². The Morgan fingerprint density at radius 3 is 2.03 bits per heavy atom. The van der Waals surface area contributed by atoms with E-state index < -0.39 is 20.2 Å². The van der Waals surface area contributed by atoms with Gasteiger partial charge in [-0.1, -0.05) is 24.3 Å². The molecule has 0 saturated carbocycles. The molecule has 0 bridgehead atoms. The first-order chi connectivity index (χ1) is 14.0. The fourth-order valence-electron chi connectivity index (χ4n) is 3.72. The van der Waals surface area contributed by atoms with Gasteiger partial charge in [-0.25, -0.2) is 0 Å². The van der Waals surface area contributed by atoms with E-state index in [1.54, 1.807) is 19.1 Å². The molecule has 0 aliphatic heterocycles. The smallest absolute Gasteiger partial charge is 0.295 e. The second-order valence-corrected chi connectivity index (χ2v) is 9.73. The van der Waals surface area contributed by atoms with E-state index in [-0.39, 0.29) is 15.4 Å². The van der Waals surface area contributed by atoms with Gasteiger partial charge in [0.2, 0.25) is 0 Å². The third-order valence-electron chi connectivity index (χ3n) is 5.13. The van der Waals surface area contributed by atoms with Crippen LogP contribution in [0.4, 0.5) is 5.69 Å². The third kappa shape index (κ3) is 4.06. The molecule has 3 rings (SSSR count). The van der Waals surface area contributed by atoms with Gasteiger partial charge in [-0.15, -0.1) is 0 Å². The molecule has 3 aromatic rings. The Labute approximate surface area is 176 Å². The maximum Gasteiger partial charge on any atom is 0.295 e. The van der Waals surface area contributed by atoms with E-state index in [1.165, 1.54) is 24.3 Å². The van der Waals surface area contributed by atoms with Crippen LogP contribution in [-0.4, -0.2) is 39.0 Å². The predicted molar refractivity (Wildman–Crippen MR) is 117 cm³/mol. The molecular formula is C21H23NO6S2. The molecule has 160 valence electrons. The monoisotopic (exact) mass is 449 g/mol. The van der Waals surface area contributed by atoms with E-state index in [2.05, 4.69) is 0 Å². The van der Waals surface area contributed by atoms with E-state index in [1.807, 2.05) is 30.9 Å². The summed E-state index contributed by atoms with van der Waals surface area (Å²) in [6.07, 6.45) is 0. The highest BCUT2D eigenvalue weighted by molar-refractivity contribution is 7.86. The number of benzene rings is 3. The average molecular weight is 450 g/mol. The molecule has 0 fully saturated rings. The molecule has 3 aromatic carbocycles. The third-order valence-corrected chi connectivity index (χ3v) is 6.86. The summed E-state index contributed by atoms with van der Waals surface area (Å²) < 4.78 is 67.6. The second kappa shape index (κ2) is 7.99. The van der Waals surface area contributed by atoms with Gasteiger partial charge in [0.1, 0.15) is 4.90 Å². The summed E-state index contributed by atoms with van der Waals surface area (Å²) in [5.74, 6) is 0. The Morgan fingerprint density at radius 1 is 0.833 bits per heavy atom. The Balaban J connectivity index is 2.57. The van der Waals surface area contributed by atoms with Gasteiger partial charge in [0, 0.05) is 29.9 Å². The van der Waals surface area contributed by atoms with Crippen LogP contribution >= 0.6 is 0 Å². The van der Waals surface area contributed by atoms with Gasteiger partial charge < -0.3 is 4.90 Å². The van der Waals surface area contributed by atoms with Gasteiger partial charge in [0.25, 0.3) is 20.2 Å². The lowest BCUT2D eigenvalue weighted by molar-refractivity contribution is 0.481. The SMILES string of the molecule is CCN(CC)c1ccccc1-c1c(S(=O)(=O)O)cc(C)c2ccc(S(=O)(=O)O)cc12. The topological polar surface area (TPSA) is 112 Å². The average Bonchev–Trinajstić information content (AvgIpc) is 2.68. The number of anilines is 1. The minimum absolute atomic E-state index is 0.186. The van der Waals surface area contributed by atoms with Gasteiger partial charge in [0.15, 0.2) is 0 Å². The first-order valence-corrected chi connectivity index (χ1v) is 12.2. The second-order valence-electron chi connectivity index (χ2n) is 6.91. The molecule has 9 heteroatoms. The molecular weight excluding hydrogens is 426 g/mol. The standard InChI is InChI=1S/C21H23NO6S2/c1-4-22(5-2)19-9-7-6-8-17(19)21-18-13-15(29(23,24)25)10-11-16(18)14(3)12-20(21)30(26,27)28/h6-13H,4-5H2,1-3H3,(H,23,24,25)(H,26,27,28). The van der Waals surface area contributed by atoms with E-state index in [0.717, 1.165) is 5.69 Å². The lowest BCUT2D eigenvalue weighted by Crippen LogP contribution is -2.22. The Morgan fingerprint density at radius 2 is 1.47 bits per heavy atom. The van der Waals surface area contributed by atoms with E-state index in [4.69, 9.17) is 0 Å². The lowest BCUT2D eigenvalue weighted by atomic mass is 9.94. The molecule has 0 unspecified atom stereocenters. The van der Waals surface area contributed by atoms with Crippen molar-refractivity contribution in [1.29, 1.82) is 0 Å². The number of para-hydroxylation sites is 1. The molecule has 0 atom stereocenters. The molecule has 0 saturated heterocycles. The minimum atomic E-state index is -4.63. The summed E-state index contributed by atoms with van der Waals surface area (Å²) in [7, 11) is -9.14. The summed E-state index contributed by atoms with van der Waals surface area (Å²) in [6, 6.07) is 12.5. The number of nitrogens with zero attached hydrogens (tertiary/aromatic N) is 1. The summed E-state index contributed by atoms with van der Waals surface area (Å²) in [4.78, 5) is 1.35. The van der Waals surface area contributed by atoms with Crippen molar-refractivity contribution < 1.29 is 25.9 Å². The number of fused-ring (bicyclic) bond motifs is 1. The normalized spacial score (nSPS) is 12.3. The largest absolute Gasteiger partial charge is 0.372 e. The van der Waals surface area contributed by atoms with Crippen LogP contribution in [0.2, 0.25) is 0 Å². The molecule has 2 N–H and O–H groups in total. The van der Waals surface area contributed by atoms with Crippen molar-refractivity contribution in [3.63, 3.8) is 0 Å². The van der Waals surface area contributed by atoms with Crippen LogP contribution in [0, 0.1) is 6.92 Å². The van der Waals surface area contributed by atoms with Crippen molar-refractivity contribution in [1.82, 2.24) is 0 Å². The quantitative estimate of drug-likeness (QED) is 0.544. The van der Waals surface area contributed by atoms with Crippen molar-refractivity contribution in [3.8, 4) is 11.1 Å². The molecule has 7 nitrogen and oxygen atoms in total. The highest BCUT2D eigenvalue weighted by Crippen LogP contribution is 2.41. The van der Waals surface area contributed by atoms with Crippen molar-refractivity contribution in [2.45, 2.75) is 30.6 Å². The summed E-state index contributed by atoms with van der Waals surface area (Å²) in [5, 5.41) is 0.913. The Kier molecular flexibility index (Phi) is 5.92. The van der Waals surface area contributed by atoms with Crippen LogP contribution in [0.1, 0.15) is 19.4 Å². The summed E-state index contributed by atoms with van der Waals surface area (Å²) >= 11 is 0. The molecule has 0 spiro atoms. The van der Waals surface area contributed by atoms with Crippen molar-refractivity contribution in [3.05, 3.63) is 54.1 Å². The zero-order chi connectivity index (χ0) is 22.3. The number of rotatable bonds is 6. The van der Waals surface area contributed by atoms with Gasteiger partial charge in [-0.2, -0.15) is 16.8 Å². The number of aryl methyl sites for hydroxylation is 1. The number of hydrogen-bond acceptors (Lipinski definition) is 5. The Hall–Kier alpha value is -2.46.